The van der Waals surface area contributed by atoms with Crippen LogP contribution in [0, 0.1) is 0 Å². The maximum Gasteiger partial charge on any atom is 0.243 e. The van der Waals surface area contributed by atoms with Crippen LogP contribution in [0.2, 0.25) is 0 Å². The molecule has 0 amide bonds. The van der Waals surface area contributed by atoms with Crippen molar-refractivity contribution in [3.05, 3.63) is 22.8 Å². The number of nitrogens with one attached hydrogen (secondary N) is 2. The van der Waals surface area contributed by atoms with Crippen LogP contribution in [0.15, 0.2) is 22.8 Å². The molecule has 3 heterocycles. The minimum absolute atomic E-state index is 0.479. The van der Waals surface area contributed by atoms with Gasteiger partial charge in [0.05, 0.1) is 4.47 Å². The Balaban J connectivity index is 1.83. The van der Waals surface area contributed by atoms with Crippen LogP contribution in [0.25, 0.3) is 5.65 Å². The van der Waals surface area contributed by atoms with Gasteiger partial charge in [-0.3, -0.25) is 0 Å². The predicted octanol–water partition coefficient (Wildman–Crippen LogP) is 1.66. The lowest BCUT2D eigenvalue weighted by molar-refractivity contribution is 0.477. The van der Waals surface area contributed by atoms with Gasteiger partial charge in [-0.05, 0) is 54.0 Å². The van der Waals surface area contributed by atoms with Crippen molar-refractivity contribution in [2.45, 2.75) is 18.9 Å². The van der Waals surface area contributed by atoms with E-state index >= 15 is 0 Å². The third-order valence-electron chi connectivity index (χ3n) is 2.99. The summed E-state index contributed by atoms with van der Waals surface area (Å²) in [5, 5.41) is 11.1. The zero-order valence-electron chi connectivity index (χ0n) is 9.36. The SMILES string of the molecule is Brc1cccn2nc(NC3CCNCC3)nc12. The molecule has 1 fully saturated rings. The summed E-state index contributed by atoms with van der Waals surface area (Å²) in [5.74, 6) is 0.712. The molecule has 0 bridgehead atoms. The second-order valence-corrected chi connectivity index (χ2v) is 5.08. The molecule has 1 aliphatic heterocycles. The number of piperidine rings is 1. The van der Waals surface area contributed by atoms with E-state index in [0.29, 0.717) is 12.0 Å². The Kier molecular flexibility index (Phi) is 2.98. The van der Waals surface area contributed by atoms with E-state index in [1.54, 1.807) is 4.52 Å². The highest BCUT2D eigenvalue weighted by atomic mass is 79.9. The molecule has 2 aromatic rings. The molecule has 6 heteroatoms. The van der Waals surface area contributed by atoms with Gasteiger partial charge in [-0.15, -0.1) is 5.10 Å². The molecule has 0 radical (unpaired) electrons. The van der Waals surface area contributed by atoms with E-state index in [1.807, 2.05) is 18.3 Å². The van der Waals surface area contributed by atoms with Crippen LogP contribution in [0.3, 0.4) is 0 Å². The quantitative estimate of drug-likeness (QED) is 0.885. The lowest BCUT2D eigenvalue weighted by atomic mass is 10.1. The molecule has 0 aliphatic carbocycles. The molecular formula is C11H14BrN5. The normalized spacial score (nSPS) is 17.5. The molecule has 90 valence electrons. The van der Waals surface area contributed by atoms with E-state index in [9.17, 15) is 0 Å². The standard InChI is InChI=1S/C11H14BrN5/c12-9-2-1-7-17-10(9)15-11(16-17)14-8-3-5-13-6-4-8/h1-2,7-8,13H,3-6H2,(H,14,16). The molecule has 0 atom stereocenters. The summed E-state index contributed by atoms with van der Waals surface area (Å²) in [7, 11) is 0. The monoisotopic (exact) mass is 295 g/mol. The van der Waals surface area contributed by atoms with Gasteiger partial charge in [0.25, 0.3) is 0 Å². The van der Waals surface area contributed by atoms with E-state index in [2.05, 4.69) is 36.6 Å². The van der Waals surface area contributed by atoms with Gasteiger partial charge in [-0.2, -0.15) is 4.98 Å². The van der Waals surface area contributed by atoms with Gasteiger partial charge >= 0.3 is 0 Å². The Morgan fingerprint density at radius 1 is 1.41 bits per heavy atom. The zero-order valence-corrected chi connectivity index (χ0v) is 10.9. The van der Waals surface area contributed by atoms with Gasteiger partial charge in [0, 0.05) is 12.2 Å². The zero-order chi connectivity index (χ0) is 11.7. The van der Waals surface area contributed by atoms with Gasteiger partial charge in [-0.1, -0.05) is 0 Å². The van der Waals surface area contributed by atoms with Crippen molar-refractivity contribution < 1.29 is 0 Å². The van der Waals surface area contributed by atoms with E-state index in [4.69, 9.17) is 0 Å². The molecular weight excluding hydrogens is 282 g/mol. The highest BCUT2D eigenvalue weighted by Crippen LogP contribution is 2.18. The average molecular weight is 296 g/mol. The van der Waals surface area contributed by atoms with E-state index in [-0.39, 0.29) is 0 Å². The number of fused-ring (bicyclic) bond motifs is 1. The number of anilines is 1. The third-order valence-corrected chi connectivity index (χ3v) is 3.61. The molecule has 5 nitrogen and oxygen atoms in total. The molecule has 1 saturated heterocycles. The molecule has 0 spiro atoms. The fourth-order valence-electron chi connectivity index (χ4n) is 2.08. The van der Waals surface area contributed by atoms with Crippen molar-refractivity contribution in [3.63, 3.8) is 0 Å². The van der Waals surface area contributed by atoms with Crippen molar-refractivity contribution in [3.8, 4) is 0 Å². The van der Waals surface area contributed by atoms with Crippen LogP contribution in [0.4, 0.5) is 5.95 Å². The van der Waals surface area contributed by atoms with Crippen molar-refractivity contribution in [1.82, 2.24) is 19.9 Å². The molecule has 2 N–H and O–H groups in total. The lowest BCUT2D eigenvalue weighted by Gasteiger charge is -2.22. The first-order chi connectivity index (χ1) is 8.33. The predicted molar refractivity (Wildman–Crippen MR) is 70.2 cm³/mol. The number of aromatic nitrogens is 3. The van der Waals surface area contributed by atoms with Crippen LogP contribution in [-0.4, -0.2) is 33.7 Å². The Morgan fingerprint density at radius 2 is 2.24 bits per heavy atom. The third kappa shape index (κ3) is 2.28. The van der Waals surface area contributed by atoms with Gasteiger partial charge in [0.15, 0.2) is 5.65 Å². The Morgan fingerprint density at radius 3 is 3.00 bits per heavy atom. The van der Waals surface area contributed by atoms with Crippen molar-refractivity contribution in [1.29, 1.82) is 0 Å². The highest BCUT2D eigenvalue weighted by Gasteiger charge is 2.15. The summed E-state index contributed by atoms with van der Waals surface area (Å²) in [4.78, 5) is 4.48. The smallest absolute Gasteiger partial charge is 0.243 e. The number of hydrogen-bond donors (Lipinski definition) is 2. The average Bonchev–Trinajstić information content (AvgIpc) is 2.74. The minimum atomic E-state index is 0.479. The van der Waals surface area contributed by atoms with Gasteiger partial charge in [0.2, 0.25) is 5.95 Å². The summed E-state index contributed by atoms with van der Waals surface area (Å²) in [5.41, 5.74) is 0.851. The van der Waals surface area contributed by atoms with Gasteiger partial charge in [0.1, 0.15) is 0 Å². The van der Waals surface area contributed by atoms with E-state index in [0.717, 1.165) is 36.1 Å². The van der Waals surface area contributed by atoms with Crippen LogP contribution in [0.1, 0.15) is 12.8 Å². The first-order valence-electron chi connectivity index (χ1n) is 5.81. The van der Waals surface area contributed by atoms with E-state index in [1.165, 1.54) is 0 Å². The van der Waals surface area contributed by atoms with Gasteiger partial charge in [-0.25, -0.2) is 4.52 Å². The maximum atomic E-state index is 4.48. The number of pyridine rings is 1. The molecule has 0 unspecified atom stereocenters. The molecule has 17 heavy (non-hydrogen) atoms. The van der Waals surface area contributed by atoms with E-state index < -0.39 is 0 Å². The Bertz CT molecular complexity index is 518. The fraction of sp³-hybridized carbons (Fsp3) is 0.455. The molecule has 0 aromatic carbocycles. The number of halogens is 1. The van der Waals surface area contributed by atoms with Crippen molar-refractivity contribution in [2.75, 3.05) is 18.4 Å². The van der Waals surface area contributed by atoms with Crippen LogP contribution in [0.5, 0.6) is 0 Å². The number of rotatable bonds is 2. The lowest BCUT2D eigenvalue weighted by Crippen LogP contribution is -2.35. The van der Waals surface area contributed by atoms with Crippen LogP contribution in [-0.2, 0) is 0 Å². The summed E-state index contributed by atoms with van der Waals surface area (Å²) in [6.45, 7) is 2.13. The topological polar surface area (TPSA) is 54.2 Å². The van der Waals surface area contributed by atoms with Crippen LogP contribution >= 0.6 is 15.9 Å². The number of hydrogen-bond acceptors (Lipinski definition) is 4. The summed E-state index contributed by atoms with van der Waals surface area (Å²) in [6, 6.07) is 4.39. The summed E-state index contributed by atoms with van der Waals surface area (Å²) < 4.78 is 2.75. The van der Waals surface area contributed by atoms with Gasteiger partial charge < -0.3 is 10.6 Å². The highest BCUT2D eigenvalue weighted by molar-refractivity contribution is 9.10. The largest absolute Gasteiger partial charge is 0.350 e. The molecule has 3 rings (SSSR count). The number of nitrogens with zero attached hydrogens (tertiary/aromatic N) is 3. The van der Waals surface area contributed by atoms with Crippen LogP contribution < -0.4 is 10.6 Å². The second kappa shape index (κ2) is 4.62. The van der Waals surface area contributed by atoms with Crippen molar-refractivity contribution >= 4 is 27.5 Å². The summed E-state index contributed by atoms with van der Waals surface area (Å²) in [6.07, 6.45) is 4.15. The maximum absolute atomic E-state index is 4.48. The second-order valence-electron chi connectivity index (χ2n) is 4.23. The molecule has 1 aliphatic rings. The first kappa shape index (κ1) is 11.0. The minimum Gasteiger partial charge on any atom is -0.350 e. The van der Waals surface area contributed by atoms with Crippen molar-refractivity contribution in [2.24, 2.45) is 0 Å². The fourth-order valence-corrected chi connectivity index (χ4v) is 2.51. The molecule has 2 aromatic heterocycles. The molecule has 0 saturated carbocycles. The first-order valence-corrected chi connectivity index (χ1v) is 6.60. The Hall–Kier alpha value is -1.14. The Labute approximate surface area is 108 Å². The summed E-state index contributed by atoms with van der Waals surface area (Å²) >= 11 is 3.47.